The highest BCUT2D eigenvalue weighted by Gasteiger charge is 2.48. The molecule has 27 heavy (non-hydrogen) atoms. The van der Waals surface area contributed by atoms with Gasteiger partial charge in [0, 0.05) is 19.5 Å². The van der Waals surface area contributed by atoms with Gasteiger partial charge in [0.2, 0.25) is 0 Å². The summed E-state index contributed by atoms with van der Waals surface area (Å²) in [5, 5.41) is 20.2. The number of aliphatic hydroxyl groups is 1. The minimum absolute atomic E-state index is 0.0383. The number of pyridine rings is 1. The first-order chi connectivity index (χ1) is 12.9. The standard InChI is InChI=1S/C21H23FN2O3/c22-18-4-2-1-3-14(18)7-21(27)8-15-11-24(12-16(15)9-21)13-20(26)19-6-5-17(25)10-23-19/h1-6,10,15-16,25,27H,7-9,11-13H2/t15-,16+,21-. The van der Waals surface area contributed by atoms with E-state index in [0.717, 1.165) is 13.1 Å². The SMILES string of the molecule is O=C(CN1C[C@@H]2C[C@@](O)(Cc3ccccc3F)C[C@@H]2C1)c1ccc(O)cn1. The molecule has 1 aliphatic heterocycles. The van der Waals surface area contributed by atoms with E-state index in [4.69, 9.17) is 0 Å². The fourth-order valence-electron chi connectivity index (χ4n) is 4.66. The summed E-state index contributed by atoms with van der Waals surface area (Å²) < 4.78 is 13.9. The summed E-state index contributed by atoms with van der Waals surface area (Å²) in [7, 11) is 0. The van der Waals surface area contributed by atoms with Gasteiger partial charge in [0.05, 0.1) is 18.3 Å². The smallest absolute Gasteiger partial charge is 0.195 e. The van der Waals surface area contributed by atoms with Crippen LogP contribution in [0.3, 0.4) is 0 Å². The van der Waals surface area contributed by atoms with Gasteiger partial charge in [-0.15, -0.1) is 0 Å². The summed E-state index contributed by atoms with van der Waals surface area (Å²) in [4.78, 5) is 18.4. The highest BCUT2D eigenvalue weighted by Crippen LogP contribution is 2.45. The number of carbonyl (C=O) groups is 1. The van der Waals surface area contributed by atoms with Crippen molar-refractivity contribution in [3.8, 4) is 5.75 Å². The maximum Gasteiger partial charge on any atom is 0.195 e. The molecular weight excluding hydrogens is 347 g/mol. The predicted octanol–water partition coefficient (Wildman–Crippen LogP) is 2.42. The van der Waals surface area contributed by atoms with Gasteiger partial charge in [-0.3, -0.25) is 9.69 Å². The molecule has 1 aromatic heterocycles. The molecule has 2 N–H and O–H groups in total. The number of fused-ring (bicyclic) bond motifs is 1. The van der Waals surface area contributed by atoms with Gasteiger partial charge in [-0.2, -0.15) is 0 Å². The Labute approximate surface area is 157 Å². The third-order valence-electron chi connectivity index (χ3n) is 5.81. The molecule has 2 aliphatic rings. The highest BCUT2D eigenvalue weighted by molar-refractivity contribution is 5.95. The van der Waals surface area contributed by atoms with Gasteiger partial charge in [0.25, 0.3) is 0 Å². The number of Topliss-reactive ketones (excluding diaryl/α,β-unsaturated/α-hetero) is 1. The Kier molecular flexibility index (Phi) is 4.70. The number of aromatic nitrogens is 1. The van der Waals surface area contributed by atoms with Crippen LogP contribution >= 0.6 is 0 Å². The number of hydrogen-bond acceptors (Lipinski definition) is 5. The first kappa shape index (κ1) is 18.1. The fraction of sp³-hybridized carbons (Fsp3) is 0.429. The second kappa shape index (κ2) is 7.02. The molecule has 5 nitrogen and oxygen atoms in total. The summed E-state index contributed by atoms with van der Waals surface area (Å²) in [5.74, 6) is 0.342. The molecule has 1 saturated heterocycles. The lowest BCUT2D eigenvalue weighted by Gasteiger charge is -2.26. The maximum atomic E-state index is 13.9. The van der Waals surface area contributed by atoms with E-state index in [1.807, 2.05) is 0 Å². The number of halogens is 1. The van der Waals surface area contributed by atoms with Crippen molar-refractivity contribution >= 4 is 5.78 Å². The maximum absolute atomic E-state index is 13.9. The summed E-state index contributed by atoms with van der Waals surface area (Å²) in [5.41, 5.74) is 0.0397. The first-order valence-corrected chi connectivity index (χ1v) is 9.28. The molecule has 2 aromatic rings. The van der Waals surface area contributed by atoms with E-state index in [2.05, 4.69) is 9.88 Å². The van der Waals surface area contributed by atoms with Gasteiger partial charge in [-0.1, -0.05) is 18.2 Å². The number of hydrogen-bond donors (Lipinski definition) is 2. The molecular formula is C21H23FN2O3. The van der Waals surface area contributed by atoms with E-state index in [1.54, 1.807) is 18.2 Å². The minimum atomic E-state index is -0.869. The Morgan fingerprint density at radius 1 is 1.19 bits per heavy atom. The van der Waals surface area contributed by atoms with Crippen LogP contribution in [0.1, 0.15) is 28.9 Å². The van der Waals surface area contributed by atoms with Crippen LogP contribution in [0.5, 0.6) is 5.75 Å². The monoisotopic (exact) mass is 370 g/mol. The number of benzene rings is 1. The zero-order chi connectivity index (χ0) is 19.0. The Morgan fingerprint density at radius 3 is 2.52 bits per heavy atom. The van der Waals surface area contributed by atoms with Crippen LogP contribution in [0, 0.1) is 17.7 Å². The van der Waals surface area contributed by atoms with Crippen LogP contribution in [0.4, 0.5) is 4.39 Å². The van der Waals surface area contributed by atoms with E-state index in [-0.39, 0.29) is 23.9 Å². The van der Waals surface area contributed by atoms with Gasteiger partial charge < -0.3 is 10.2 Å². The molecule has 142 valence electrons. The van der Waals surface area contributed by atoms with Crippen LogP contribution in [-0.4, -0.2) is 51.1 Å². The largest absolute Gasteiger partial charge is 0.506 e. The summed E-state index contributed by atoms with van der Waals surface area (Å²) in [6, 6.07) is 9.60. The predicted molar refractivity (Wildman–Crippen MR) is 97.9 cm³/mol. The van der Waals surface area contributed by atoms with Crippen molar-refractivity contribution in [2.45, 2.75) is 24.9 Å². The zero-order valence-electron chi connectivity index (χ0n) is 15.0. The molecule has 6 heteroatoms. The lowest BCUT2D eigenvalue weighted by atomic mass is 9.91. The van der Waals surface area contributed by atoms with Crippen molar-refractivity contribution < 1.29 is 19.4 Å². The zero-order valence-corrected chi connectivity index (χ0v) is 15.0. The van der Waals surface area contributed by atoms with Crippen LogP contribution in [-0.2, 0) is 6.42 Å². The van der Waals surface area contributed by atoms with Crippen LogP contribution < -0.4 is 0 Å². The van der Waals surface area contributed by atoms with Crippen molar-refractivity contribution in [3.05, 3.63) is 59.7 Å². The first-order valence-electron chi connectivity index (χ1n) is 9.28. The van der Waals surface area contributed by atoms with Crippen molar-refractivity contribution in [2.75, 3.05) is 19.6 Å². The number of aromatic hydroxyl groups is 1. The van der Waals surface area contributed by atoms with E-state index in [9.17, 15) is 19.4 Å². The number of ketones is 1. The Morgan fingerprint density at radius 2 is 1.89 bits per heavy atom. The van der Waals surface area contributed by atoms with Crippen LogP contribution in [0.2, 0.25) is 0 Å². The van der Waals surface area contributed by atoms with Gasteiger partial charge >= 0.3 is 0 Å². The third kappa shape index (κ3) is 3.87. The third-order valence-corrected chi connectivity index (χ3v) is 5.81. The van der Waals surface area contributed by atoms with Crippen LogP contribution in [0.25, 0.3) is 0 Å². The van der Waals surface area contributed by atoms with Gasteiger partial charge in [-0.25, -0.2) is 9.37 Å². The Bertz CT molecular complexity index is 826. The molecule has 1 aliphatic carbocycles. The molecule has 0 spiro atoms. The van der Waals surface area contributed by atoms with Crippen molar-refractivity contribution in [2.24, 2.45) is 11.8 Å². The second-order valence-electron chi connectivity index (χ2n) is 7.94. The number of carbonyl (C=O) groups excluding carboxylic acids is 1. The average molecular weight is 370 g/mol. The molecule has 4 rings (SSSR count). The number of likely N-dealkylation sites (tertiary alicyclic amines) is 1. The van der Waals surface area contributed by atoms with E-state index < -0.39 is 5.60 Å². The molecule has 2 fully saturated rings. The van der Waals surface area contributed by atoms with Crippen molar-refractivity contribution in [1.29, 1.82) is 0 Å². The van der Waals surface area contributed by atoms with E-state index in [0.29, 0.717) is 42.4 Å². The molecule has 3 atom stereocenters. The number of nitrogens with zero attached hydrogens (tertiary/aromatic N) is 2. The second-order valence-corrected chi connectivity index (χ2v) is 7.94. The van der Waals surface area contributed by atoms with E-state index >= 15 is 0 Å². The fourth-order valence-corrected chi connectivity index (χ4v) is 4.66. The topological polar surface area (TPSA) is 73.7 Å². The van der Waals surface area contributed by atoms with Crippen molar-refractivity contribution in [1.82, 2.24) is 9.88 Å². The van der Waals surface area contributed by atoms with E-state index in [1.165, 1.54) is 24.4 Å². The number of rotatable bonds is 5. The summed E-state index contributed by atoms with van der Waals surface area (Å²) >= 11 is 0. The summed E-state index contributed by atoms with van der Waals surface area (Å²) in [6.07, 6.45) is 2.88. The normalized spacial score (nSPS) is 27.6. The molecule has 1 aromatic carbocycles. The lowest BCUT2D eigenvalue weighted by Crippen LogP contribution is -2.34. The molecule has 2 heterocycles. The quantitative estimate of drug-likeness (QED) is 0.791. The molecule has 1 saturated carbocycles. The molecule has 0 bridgehead atoms. The molecule has 0 unspecified atom stereocenters. The van der Waals surface area contributed by atoms with Crippen LogP contribution in [0.15, 0.2) is 42.6 Å². The Balaban J connectivity index is 1.34. The van der Waals surface area contributed by atoms with Gasteiger partial charge in [-0.05, 0) is 48.4 Å². The lowest BCUT2D eigenvalue weighted by molar-refractivity contribution is 0.0347. The van der Waals surface area contributed by atoms with Crippen molar-refractivity contribution in [3.63, 3.8) is 0 Å². The highest BCUT2D eigenvalue weighted by atomic mass is 19.1. The summed E-state index contributed by atoms with van der Waals surface area (Å²) in [6.45, 7) is 1.80. The molecule has 0 amide bonds. The Hall–Kier alpha value is -2.31. The van der Waals surface area contributed by atoms with Gasteiger partial charge in [0.15, 0.2) is 5.78 Å². The minimum Gasteiger partial charge on any atom is -0.506 e. The van der Waals surface area contributed by atoms with Gasteiger partial charge in [0.1, 0.15) is 17.3 Å². The molecule has 0 radical (unpaired) electrons. The average Bonchev–Trinajstić information content (AvgIpc) is 3.11.